The van der Waals surface area contributed by atoms with Crippen LogP contribution in [0.2, 0.25) is 0 Å². The van der Waals surface area contributed by atoms with E-state index in [2.05, 4.69) is 20.3 Å². The van der Waals surface area contributed by atoms with Gasteiger partial charge in [-0.3, -0.25) is 0 Å². The highest BCUT2D eigenvalue weighted by molar-refractivity contribution is 5.64. The summed E-state index contributed by atoms with van der Waals surface area (Å²) in [5, 5.41) is 2.92. The van der Waals surface area contributed by atoms with Crippen molar-refractivity contribution >= 4 is 5.95 Å². The van der Waals surface area contributed by atoms with Gasteiger partial charge in [-0.15, -0.1) is 0 Å². The van der Waals surface area contributed by atoms with Crippen LogP contribution in [0.15, 0.2) is 24.3 Å². The van der Waals surface area contributed by atoms with E-state index in [9.17, 15) is 0 Å². The number of aromatic nitrogens is 3. The van der Waals surface area contributed by atoms with Crippen LogP contribution in [0.5, 0.6) is 11.8 Å². The fourth-order valence-corrected chi connectivity index (χ4v) is 1.79. The lowest BCUT2D eigenvalue weighted by atomic mass is 10.2. The molecule has 6 heteroatoms. The van der Waals surface area contributed by atoms with E-state index in [4.69, 9.17) is 9.47 Å². The molecule has 21 heavy (non-hydrogen) atoms. The summed E-state index contributed by atoms with van der Waals surface area (Å²) in [5.74, 6) is 1.72. The molecular formula is C15H20N4O2. The summed E-state index contributed by atoms with van der Waals surface area (Å²) in [5.41, 5.74) is 0.812. The second kappa shape index (κ2) is 6.88. The SMILES string of the molecule is CCOc1ccccc1-c1nc(NC)nc(OC(C)C)n1. The molecule has 0 amide bonds. The number of rotatable bonds is 6. The average molecular weight is 288 g/mol. The number of hydrogen-bond acceptors (Lipinski definition) is 6. The van der Waals surface area contributed by atoms with Crippen LogP contribution >= 0.6 is 0 Å². The van der Waals surface area contributed by atoms with Crippen molar-refractivity contribution in [3.8, 4) is 23.1 Å². The van der Waals surface area contributed by atoms with Crippen molar-refractivity contribution < 1.29 is 9.47 Å². The molecule has 1 N–H and O–H groups in total. The van der Waals surface area contributed by atoms with E-state index >= 15 is 0 Å². The van der Waals surface area contributed by atoms with Crippen LogP contribution in [0.4, 0.5) is 5.95 Å². The Hall–Kier alpha value is -2.37. The summed E-state index contributed by atoms with van der Waals surface area (Å²) in [6.45, 7) is 6.38. The lowest BCUT2D eigenvalue weighted by Gasteiger charge is -2.12. The molecule has 2 rings (SSSR count). The van der Waals surface area contributed by atoms with E-state index in [0.717, 1.165) is 11.3 Å². The highest BCUT2D eigenvalue weighted by Gasteiger charge is 2.13. The predicted octanol–water partition coefficient (Wildman–Crippen LogP) is 2.77. The maximum Gasteiger partial charge on any atom is 0.322 e. The van der Waals surface area contributed by atoms with E-state index in [1.807, 2.05) is 45.0 Å². The molecule has 0 aliphatic heterocycles. The van der Waals surface area contributed by atoms with E-state index in [1.54, 1.807) is 7.05 Å². The minimum atomic E-state index is -0.00732. The van der Waals surface area contributed by atoms with E-state index < -0.39 is 0 Å². The van der Waals surface area contributed by atoms with Crippen LogP contribution in [0.1, 0.15) is 20.8 Å². The molecule has 0 bridgehead atoms. The van der Waals surface area contributed by atoms with Gasteiger partial charge in [0.2, 0.25) is 5.95 Å². The van der Waals surface area contributed by atoms with Gasteiger partial charge in [-0.1, -0.05) is 12.1 Å². The van der Waals surface area contributed by atoms with Gasteiger partial charge in [0.15, 0.2) is 5.82 Å². The van der Waals surface area contributed by atoms with Gasteiger partial charge >= 0.3 is 6.01 Å². The third kappa shape index (κ3) is 3.81. The molecule has 1 aromatic heterocycles. The van der Waals surface area contributed by atoms with Crippen molar-refractivity contribution in [3.05, 3.63) is 24.3 Å². The molecule has 1 aromatic carbocycles. The minimum Gasteiger partial charge on any atom is -0.493 e. The first kappa shape index (κ1) is 15.0. The Kier molecular flexibility index (Phi) is 4.92. The largest absolute Gasteiger partial charge is 0.493 e. The molecule has 0 unspecified atom stereocenters. The van der Waals surface area contributed by atoms with Crippen molar-refractivity contribution in [1.29, 1.82) is 0 Å². The Morgan fingerprint density at radius 3 is 2.57 bits per heavy atom. The van der Waals surface area contributed by atoms with Gasteiger partial charge in [0.1, 0.15) is 5.75 Å². The van der Waals surface area contributed by atoms with Crippen LogP contribution in [-0.2, 0) is 0 Å². The Morgan fingerprint density at radius 1 is 1.14 bits per heavy atom. The first-order valence-corrected chi connectivity index (χ1v) is 6.96. The average Bonchev–Trinajstić information content (AvgIpc) is 2.47. The summed E-state index contributed by atoms with van der Waals surface area (Å²) in [7, 11) is 1.76. The number of hydrogen-bond donors (Lipinski definition) is 1. The fourth-order valence-electron chi connectivity index (χ4n) is 1.79. The maximum absolute atomic E-state index is 5.62. The van der Waals surface area contributed by atoms with Gasteiger partial charge in [-0.05, 0) is 32.9 Å². The van der Waals surface area contributed by atoms with Gasteiger partial charge in [-0.25, -0.2) is 0 Å². The van der Waals surface area contributed by atoms with E-state index in [0.29, 0.717) is 24.4 Å². The third-order valence-electron chi connectivity index (χ3n) is 2.61. The summed E-state index contributed by atoms with van der Waals surface area (Å²) >= 11 is 0. The molecule has 0 spiro atoms. The summed E-state index contributed by atoms with van der Waals surface area (Å²) in [6, 6.07) is 7.94. The Morgan fingerprint density at radius 2 is 1.90 bits per heavy atom. The molecule has 6 nitrogen and oxygen atoms in total. The van der Waals surface area contributed by atoms with E-state index in [-0.39, 0.29) is 6.10 Å². The number of anilines is 1. The number of benzene rings is 1. The Bertz CT molecular complexity index is 602. The highest BCUT2D eigenvalue weighted by Crippen LogP contribution is 2.28. The predicted molar refractivity (Wildman–Crippen MR) is 81.7 cm³/mol. The van der Waals surface area contributed by atoms with Crippen molar-refractivity contribution in [2.24, 2.45) is 0 Å². The van der Waals surface area contributed by atoms with Crippen LogP contribution in [0, 0.1) is 0 Å². The topological polar surface area (TPSA) is 69.2 Å². The van der Waals surface area contributed by atoms with Crippen LogP contribution in [-0.4, -0.2) is 34.7 Å². The third-order valence-corrected chi connectivity index (χ3v) is 2.61. The molecule has 112 valence electrons. The summed E-state index contributed by atoms with van der Waals surface area (Å²) in [6.07, 6.45) is -0.00732. The standard InChI is InChI=1S/C15H20N4O2/c1-5-20-12-9-7-6-8-11(12)13-17-14(16-4)19-15(18-13)21-10(2)3/h6-10H,5H2,1-4H3,(H,16,17,18,19). The van der Waals surface area contributed by atoms with Gasteiger partial charge in [0.25, 0.3) is 0 Å². The second-order valence-electron chi connectivity index (χ2n) is 4.61. The molecule has 0 fully saturated rings. The first-order chi connectivity index (χ1) is 10.1. The molecule has 0 aliphatic carbocycles. The molecule has 0 saturated heterocycles. The monoisotopic (exact) mass is 288 g/mol. The number of nitrogens with zero attached hydrogens (tertiary/aromatic N) is 3. The lowest BCUT2D eigenvalue weighted by Crippen LogP contribution is -2.11. The Balaban J connectivity index is 2.47. The van der Waals surface area contributed by atoms with Gasteiger partial charge in [0, 0.05) is 7.05 Å². The van der Waals surface area contributed by atoms with Gasteiger partial charge in [-0.2, -0.15) is 15.0 Å². The second-order valence-corrected chi connectivity index (χ2v) is 4.61. The van der Waals surface area contributed by atoms with Crippen molar-refractivity contribution in [2.75, 3.05) is 19.0 Å². The molecule has 0 saturated carbocycles. The number of para-hydroxylation sites is 1. The molecule has 1 heterocycles. The number of ether oxygens (including phenoxy) is 2. The van der Waals surface area contributed by atoms with Crippen LogP contribution in [0.25, 0.3) is 11.4 Å². The van der Waals surface area contributed by atoms with Crippen LogP contribution in [0.3, 0.4) is 0 Å². The Labute approximate surface area is 124 Å². The molecule has 0 aliphatic rings. The lowest BCUT2D eigenvalue weighted by molar-refractivity contribution is 0.222. The number of nitrogens with one attached hydrogen (secondary N) is 1. The van der Waals surface area contributed by atoms with Gasteiger partial charge in [0.05, 0.1) is 18.3 Å². The summed E-state index contributed by atoms with van der Waals surface area (Å²) < 4.78 is 11.2. The van der Waals surface area contributed by atoms with Gasteiger partial charge < -0.3 is 14.8 Å². The van der Waals surface area contributed by atoms with Crippen molar-refractivity contribution in [3.63, 3.8) is 0 Å². The smallest absolute Gasteiger partial charge is 0.322 e. The zero-order chi connectivity index (χ0) is 15.2. The van der Waals surface area contributed by atoms with Crippen molar-refractivity contribution in [1.82, 2.24) is 15.0 Å². The quantitative estimate of drug-likeness (QED) is 0.881. The van der Waals surface area contributed by atoms with Crippen LogP contribution < -0.4 is 14.8 Å². The fraction of sp³-hybridized carbons (Fsp3) is 0.400. The molecule has 2 aromatic rings. The molecule has 0 atom stereocenters. The maximum atomic E-state index is 5.62. The molecule has 0 radical (unpaired) electrons. The highest BCUT2D eigenvalue weighted by atomic mass is 16.5. The zero-order valence-electron chi connectivity index (χ0n) is 12.8. The zero-order valence-corrected chi connectivity index (χ0v) is 12.8. The normalized spacial score (nSPS) is 10.5. The molecular weight excluding hydrogens is 268 g/mol. The van der Waals surface area contributed by atoms with E-state index in [1.165, 1.54) is 0 Å². The summed E-state index contributed by atoms with van der Waals surface area (Å²) in [4.78, 5) is 12.9. The first-order valence-electron chi connectivity index (χ1n) is 6.96. The van der Waals surface area contributed by atoms with Crippen molar-refractivity contribution in [2.45, 2.75) is 26.9 Å². The minimum absolute atomic E-state index is 0.00732.